The van der Waals surface area contributed by atoms with Crippen molar-refractivity contribution < 1.29 is 4.79 Å². The molecule has 1 N–H and O–H groups in total. The minimum Gasteiger partial charge on any atom is -0.369 e. The van der Waals surface area contributed by atoms with Crippen molar-refractivity contribution in [3.63, 3.8) is 0 Å². The molecule has 1 aliphatic heterocycles. The molecule has 0 radical (unpaired) electrons. The van der Waals surface area contributed by atoms with Crippen LogP contribution in [0.25, 0.3) is 0 Å². The van der Waals surface area contributed by atoms with Gasteiger partial charge in [0.15, 0.2) is 0 Å². The molecule has 1 aliphatic rings. The minimum absolute atomic E-state index is 0.0760. The van der Waals surface area contributed by atoms with Crippen LogP contribution in [0.3, 0.4) is 0 Å². The third-order valence-electron chi connectivity index (χ3n) is 5.49. The number of carbonyl (C=O) groups is 1. The van der Waals surface area contributed by atoms with Gasteiger partial charge in [0.05, 0.1) is 21.8 Å². The average Bonchev–Trinajstić information content (AvgIpc) is 2.60. The first-order chi connectivity index (χ1) is 13.1. The van der Waals surface area contributed by atoms with Crippen molar-refractivity contribution in [1.29, 1.82) is 0 Å². The number of halogens is 2. The number of nitrogens with one attached hydrogen (secondary N) is 1. The highest BCUT2D eigenvalue weighted by Crippen LogP contribution is 2.44. The topological polar surface area (TPSA) is 44.7 Å². The van der Waals surface area contributed by atoms with E-state index in [4.69, 9.17) is 23.2 Å². The molecule has 2 aromatic rings. The minimum atomic E-state index is -0.356. The third kappa shape index (κ3) is 4.03. The van der Waals surface area contributed by atoms with Crippen LogP contribution >= 0.6 is 23.2 Å². The Kier molecular flexibility index (Phi) is 5.74. The molecule has 1 amide bonds. The molecule has 0 bridgehead atoms. The Hall–Kier alpha value is -2.04. The molecule has 0 unspecified atom stereocenters. The summed E-state index contributed by atoms with van der Waals surface area (Å²) in [6.45, 7) is 8.62. The van der Waals surface area contributed by atoms with Crippen molar-refractivity contribution >= 4 is 41.0 Å². The van der Waals surface area contributed by atoms with Crippen LogP contribution in [0, 0.1) is 6.92 Å². The van der Waals surface area contributed by atoms with Gasteiger partial charge in [0.2, 0.25) is 0 Å². The summed E-state index contributed by atoms with van der Waals surface area (Å²) < 4.78 is 0. The second-order valence-electron chi connectivity index (χ2n) is 8.09. The fourth-order valence-corrected chi connectivity index (χ4v) is 4.26. The van der Waals surface area contributed by atoms with E-state index in [0.717, 1.165) is 23.2 Å². The first kappa shape index (κ1) is 20.7. The quantitative estimate of drug-likeness (QED) is 0.507. The molecule has 148 valence electrons. The fourth-order valence-electron chi connectivity index (χ4n) is 3.73. The molecule has 2 aromatic carbocycles. The van der Waals surface area contributed by atoms with Crippen molar-refractivity contribution in [2.75, 3.05) is 11.9 Å². The largest absolute Gasteiger partial charge is 0.369 e. The lowest BCUT2D eigenvalue weighted by Gasteiger charge is -2.45. The monoisotopic (exact) mass is 417 g/mol. The van der Waals surface area contributed by atoms with Crippen LogP contribution in [0.2, 0.25) is 10.0 Å². The Balaban J connectivity index is 1.81. The zero-order valence-corrected chi connectivity index (χ0v) is 18.3. The SMILES string of the molecule is Cc1ccc(C(=O)N/N=C\c2cc3c(cc2Cl)N(C)C(C)(C)C[C@@H]3C)c(Cl)c1. The first-order valence-corrected chi connectivity index (χ1v) is 10.0. The summed E-state index contributed by atoms with van der Waals surface area (Å²) in [5.41, 5.74) is 7.13. The summed E-state index contributed by atoms with van der Waals surface area (Å²) in [5, 5.41) is 5.08. The number of hydrogen-bond donors (Lipinski definition) is 1. The zero-order chi connectivity index (χ0) is 20.6. The third-order valence-corrected chi connectivity index (χ3v) is 6.13. The second-order valence-corrected chi connectivity index (χ2v) is 8.91. The average molecular weight is 418 g/mol. The van der Waals surface area contributed by atoms with E-state index in [1.807, 2.05) is 19.1 Å². The lowest BCUT2D eigenvalue weighted by molar-refractivity contribution is 0.0955. The normalized spacial score (nSPS) is 18.2. The van der Waals surface area contributed by atoms with Crippen LogP contribution in [0.5, 0.6) is 0 Å². The molecule has 1 atom stereocenters. The number of anilines is 1. The van der Waals surface area contributed by atoms with Gasteiger partial charge in [-0.15, -0.1) is 0 Å². The van der Waals surface area contributed by atoms with Crippen LogP contribution in [-0.2, 0) is 0 Å². The fraction of sp³-hybridized carbons (Fsp3) is 0.364. The molecule has 0 fully saturated rings. The molecule has 0 aliphatic carbocycles. The van der Waals surface area contributed by atoms with Gasteiger partial charge in [-0.2, -0.15) is 5.10 Å². The van der Waals surface area contributed by atoms with E-state index in [1.54, 1.807) is 18.3 Å². The molecule has 6 heteroatoms. The van der Waals surface area contributed by atoms with E-state index >= 15 is 0 Å². The van der Waals surface area contributed by atoms with Gasteiger partial charge >= 0.3 is 0 Å². The second kappa shape index (κ2) is 7.76. The number of benzene rings is 2. The van der Waals surface area contributed by atoms with Gasteiger partial charge in [-0.1, -0.05) is 36.2 Å². The van der Waals surface area contributed by atoms with Crippen LogP contribution in [-0.4, -0.2) is 24.7 Å². The van der Waals surface area contributed by atoms with Crippen molar-refractivity contribution in [3.8, 4) is 0 Å². The maximum Gasteiger partial charge on any atom is 0.272 e. The molecule has 0 saturated heterocycles. The highest BCUT2D eigenvalue weighted by molar-refractivity contribution is 6.34. The number of rotatable bonds is 3. The van der Waals surface area contributed by atoms with Gasteiger partial charge < -0.3 is 4.90 Å². The maximum atomic E-state index is 12.3. The smallest absolute Gasteiger partial charge is 0.272 e. The van der Waals surface area contributed by atoms with Crippen LogP contribution < -0.4 is 10.3 Å². The number of fused-ring (bicyclic) bond motifs is 1. The molecular weight excluding hydrogens is 393 g/mol. The molecule has 0 aromatic heterocycles. The zero-order valence-electron chi connectivity index (χ0n) is 16.8. The highest BCUT2D eigenvalue weighted by Gasteiger charge is 2.34. The van der Waals surface area contributed by atoms with Gasteiger partial charge in [-0.25, -0.2) is 5.43 Å². The Morgan fingerprint density at radius 1 is 1.25 bits per heavy atom. The number of hydrogen-bond acceptors (Lipinski definition) is 3. The van der Waals surface area contributed by atoms with E-state index in [1.165, 1.54) is 5.56 Å². The van der Waals surface area contributed by atoms with Crippen molar-refractivity contribution in [3.05, 3.63) is 62.6 Å². The number of aryl methyl sites for hydroxylation is 1. The van der Waals surface area contributed by atoms with Crippen LogP contribution in [0.15, 0.2) is 35.4 Å². The van der Waals surface area contributed by atoms with Gasteiger partial charge in [-0.05, 0) is 68.5 Å². The summed E-state index contributed by atoms with van der Waals surface area (Å²) in [4.78, 5) is 14.6. The highest BCUT2D eigenvalue weighted by atomic mass is 35.5. The predicted octanol–water partition coefficient (Wildman–Crippen LogP) is 5.79. The van der Waals surface area contributed by atoms with Gasteiger partial charge in [0, 0.05) is 23.8 Å². The molecule has 28 heavy (non-hydrogen) atoms. The summed E-state index contributed by atoms with van der Waals surface area (Å²) >= 11 is 12.6. The molecule has 4 nitrogen and oxygen atoms in total. The number of carbonyl (C=O) groups excluding carboxylic acids is 1. The first-order valence-electron chi connectivity index (χ1n) is 9.27. The Morgan fingerprint density at radius 3 is 2.64 bits per heavy atom. The number of hydrazone groups is 1. The van der Waals surface area contributed by atoms with E-state index in [-0.39, 0.29) is 11.4 Å². The predicted molar refractivity (Wildman–Crippen MR) is 118 cm³/mol. The summed E-state index contributed by atoms with van der Waals surface area (Å²) in [6, 6.07) is 9.31. The lowest BCUT2D eigenvalue weighted by atomic mass is 9.80. The standard InChI is InChI=1S/C22H25Cl2N3O/c1-13-6-7-16(19(24)8-13)21(28)26-25-12-15-9-17-14(2)11-22(3,4)27(5)20(17)10-18(15)23/h6-10,12,14H,11H2,1-5H3,(H,26,28)/b25-12-/t14-/m0/s1. The molecular formula is C22H25Cl2N3O. The Labute approximate surface area is 176 Å². The van der Waals surface area contributed by atoms with Gasteiger partial charge in [0.1, 0.15) is 0 Å². The lowest BCUT2D eigenvalue weighted by Crippen LogP contribution is -2.45. The van der Waals surface area contributed by atoms with Crippen molar-refractivity contribution in [2.45, 2.75) is 45.6 Å². The van der Waals surface area contributed by atoms with E-state index in [9.17, 15) is 4.79 Å². The molecule has 0 spiro atoms. The summed E-state index contributed by atoms with van der Waals surface area (Å²) in [5.74, 6) is 0.0526. The summed E-state index contributed by atoms with van der Waals surface area (Å²) in [6.07, 6.45) is 2.63. The van der Waals surface area contributed by atoms with E-state index in [2.05, 4.69) is 49.3 Å². The molecule has 0 saturated carbocycles. The van der Waals surface area contributed by atoms with Gasteiger partial charge in [0.25, 0.3) is 5.91 Å². The van der Waals surface area contributed by atoms with Gasteiger partial charge in [-0.3, -0.25) is 4.79 Å². The van der Waals surface area contributed by atoms with Crippen LogP contribution in [0.1, 0.15) is 60.2 Å². The van der Waals surface area contributed by atoms with Crippen molar-refractivity contribution in [1.82, 2.24) is 5.43 Å². The molecule has 1 heterocycles. The Morgan fingerprint density at radius 2 is 1.96 bits per heavy atom. The Bertz CT molecular complexity index is 953. The maximum absolute atomic E-state index is 12.3. The van der Waals surface area contributed by atoms with Crippen LogP contribution in [0.4, 0.5) is 5.69 Å². The van der Waals surface area contributed by atoms with Crippen molar-refractivity contribution in [2.24, 2.45) is 5.10 Å². The summed E-state index contributed by atoms with van der Waals surface area (Å²) in [7, 11) is 2.10. The number of nitrogens with zero attached hydrogens (tertiary/aromatic N) is 2. The molecule has 3 rings (SSSR count). The number of amides is 1. The van der Waals surface area contributed by atoms with E-state index < -0.39 is 0 Å². The van der Waals surface area contributed by atoms with E-state index in [0.29, 0.717) is 21.5 Å².